The van der Waals surface area contributed by atoms with Gasteiger partial charge < -0.3 is 14.8 Å². The monoisotopic (exact) mass is 303 g/mol. The summed E-state index contributed by atoms with van der Waals surface area (Å²) in [6.45, 7) is 1.95. The molecule has 0 aliphatic rings. The minimum Gasteiger partial charge on any atom is -0.493 e. The summed E-state index contributed by atoms with van der Waals surface area (Å²) in [5.41, 5.74) is 1.73. The van der Waals surface area contributed by atoms with Gasteiger partial charge in [-0.25, -0.2) is 4.39 Å². The van der Waals surface area contributed by atoms with Crippen LogP contribution in [0.4, 0.5) is 4.39 Å². The third kappa shape index (κ3) is 3.55. The summed E-state index contributed by atoms with van der Waals surface area (Å²) in [5, 5.41) is 2.75. The number of nitrogens with one attached hydrogen (secondary N) is 1. The van der Waals surface area contributed by atoms with E-state index in [1.165, 1.54) is 20.3 Å². The van der Waals surface area contributed by atoms with E-state index in [4.69, 9.17) is 9.47 Å². The minimum atomic E-state index is -0.280. The molecule has 0 aliphatic heterocycles. The van der Waals surface area contributed by atoms with E-state index < -0.39 is 0 Å². The third-order valence-electron chi connectivity index (χ3n) is 3.34. The maximum atomic E-state index is 13.5. The molecule has 1 N–H and O–H groups in total. The van der Waals surface area contributed by atoms with Gasteiger partial charge in [-0.1, -0.05) is 12.1 Å². The first-order valence-corrected chi connectivity index (χ1v) is 6.80. The van der Waals surface area contributed by atoms with Gasteiger partial charge in [0.05, 0.1) is 14.2 Å². The second-order valence-corrected chi connectivity index (χ2v) is 4.84. The lowest BCUT2D eigenvalue weighted by Gasteiger charge is -2.10. The van der Waals surface area contributed by atoms with Gasteiger partial charge in [-0.15, -0.1) is 0 Å². The van der Waals surface area contributed by atoms with Gasteiger partial charge in [-0.05, 0) is 42.3 Å². The summed E-state index contributed by atoms with van der Waals surface area (Å²) in [4.78, 5) is 12.1. The number of hydrogen-bond acceptors (Lipinski definition) is 3. The number of rotatable bonds is 5. The van der Waals surface area contributed by atoms with Crippen LogP contribution in [-0.4, -0.2) is 20.1 Å². The van der Waals surface area contributed by atoms with E-state index in [0.29, 0.717) is 28.2 Å². The topological polar surface area (TPSA) is 47.6 Å². The van der Waals surface area contributed by atoms with E-state index >= 15 is 0 Å². The fourth-order valence-corrected chi connectivity index (χ4v) is 2.01. The van der Waals surface area contributed by atoms with Crippen LogP contribution < -0.4 is 14.8 Å². The molecule has 0 fully saturated rings. The number of hydrogen-bond donors (Lipinski definition) is 1. The molecule has 0 unspecified atom stereocenters. The van der Waals surface area contributed by atoms with E-state index in [-0.39, 0.29) is 18.3 Å². The summed E-state index contributed by atoms with van der Waals surface area (Å²) in [5.74, 6) is 0.496. The highest BCUT2D eigenvalue weighted by molar-refractivity contribution is 5.94. The zero-order valence-electron chi connectivity index (χ0n) is 12.8. The Labute approximate surface area is 128 Å². The highest BCUT2D eigenvalue weighted by Crippen LogP contribution is 2.27. The lowest BCUT2D eigenvalue weighted by molar-refractivity contribution is 0.0950. The van der Waals surface area contributed by atoms with Gasteiger partial charge in [-0.3, -0.25) is 4.79 Å². The molecule has 0 atom stereocenters. The Balaban J connectivity index is 2.07. The van der Waals surface area contributed by atoms with Crippen LogP contribution in [0.3, 0.4) is 0 Å². The van der Waals surface area contributed by atoms with Crippen molar-refractivity contribution in [3.63, 3.8) is 0 Å². The fourth-order valence-electron chi connectivity index (χ4n) is 2.01. The molecular weight excluding hydrogens is 285 g/mol. The van der Waals surface area contributed by atoms with Crippen molar-refractivity contribution >= 4 is 5.91 Å². The molecule has 5 heteroatoms. The largest absolute Gasteiger partial charge is 0.493 e. The molecule has 116 valence electrons. The molecule has 0 bridgehead atoms. The number of amides is 1. The van der Waals surface area contributed by atoms with Crippen LogP contribution in [0.1, 0.15) is 21.5 Å². The maximum absolute atomic E-state index is 13.5. The lowest BCUT2D eigenvalue weighted by atomic mass is 10.1. The van der Waals surface area contributed by atoms with Crippen LogP contribution in [-0.2, 0) is 6.54 Å². The summed E-state index contributed by atoms with van der Waals surface area (Å²) < 4.78 is 23.8. The molecule has 0 aliphatic carbocycles. The van der Waals surface area contributed by atoms with Gasteiger partial charge in [-0.2, -0.15) is 0 Å². The summed E-state index contributed by atoms with van der Waals surface area (Å²) in [6.07, 6.45) is 0. The third-order valence-corrected chi connectivity index (χ3v) is 3.34. The summed E-state index contributed by atoms with van der Waals surface area (Å²) in [6, 6.07) is 9.81. The van der Waals surface area contributed by atoms with Crippen molar-refractivity contribution < 1.29 is 18.7 Å². The zero-order valence-corrected chi connectivity index (χ0v) is 12.8. The molecule has 2 aromatic rings. The van der Waals surface area contributed by atoms with Gasteiger partial charge in [0, 0.05) is 12.1 Å². The Kier molecular flexibility index (Phi) is 4.99. The van der Waals surface area contributed by atoms with Crippen molar-refractivity contribution in [1.29, 1.82) is 0 Å². The molecule has 1 amide bonds. The SMILES string of the molecule is COc1ccc(C(=O)NCc2ccc(C)c(F)c2)cc1OC. The van der Waals surface area contributed by atoms with Gasteiger partial charge in [0.25, 0.3) is 5.91 Å². The molecule has 0 aromatic heterocycles. The molecule has 0 heterocycles. The standard InChI is InChI=1S/C17H18FNO3/c1-11-4-5-12(8-14(11)18)10-19-17(20)13-6-7-15(21-2)16(9-13)22-3/h4-9H,10H2,1-3H3,(H,19,20). The van der Waals surface area contributed by atoms with E-state index in [0.717, 1.165) is 0 Å². The second kappa shape index (κ2) is 6.93. The van der Waals surface area contributed by atoms with Crippen molar-refractivity contribution in [3.8, 4) is 11.5 Å². The second-order valence-electron chi connectivity index (χ2n) is 4.84. The predicted molar refractivity (Wildman–Crippen MR) is 81.9 cm³/mol. The normalized spacial score (nSPS) is 10.2. The molecule has 0 radical (unpaired) electrons. The van der Waals surface area contributed by atoms with E-state index in [2.05, 4.69) is 5.32 Å². The van der Waals surface area contributed by atoms with Crippen LogP contribution in [0.2, 0.25) is 0 Å². The van der Waals surface area contributed by atoms with Crippen molar-refractivity contribution in [2.24, 2.45) is 0 Å². The maximum Gasteiger partial charge on any atom is 0.251 e. The van der Waals surface area contributed by atoms with Crippen molar-refractivity contribution in [2.45, 2.75) is 13.5 Å². The number of halogens is 1. The first kappa shape index (κ1) is 15.8. The number of ether oxygens (including phenoxy) is 2. The van der Waals surface area contributed by atoms with Crippen LogP contribution in [0.5, 0.6) is 11.5 Å². The molecule has 0 spiro atoms. The van der Waals surface area contributed by atoms with Crippen LogP contribution in [0, 0.1) is 12.7 Å². The van der Waals surface area contributed by atoms with E-state index in [9.17, 15) is 9.18 Å². The van der Waals surface area contributed by atoms with Gasteiger partial charge in [0.2, 0.25) is 0 Å². The smallest absolute Gasteiger partial charge is 0.251 e. The summed E-state index contributed by atoms with van der Waals surface area (Å²) in [7, 11) is 3.04. The van der Waals surface area contributed by atoms with Gasteiger partial charge in [0.15, 0.2) is 11.5 Å². The first-order valence-electron chi connectivity index (χ1n) is 6.80. The van der Waals surface area contributed by atoms with Crippen molar-refractivity contribution in [3.05, 3.63) is 58.9 Å². The van der Waals surface area contributed by atoms with Crippen molar-refractivity contribution in [1.82, 2.24) is 5.32 Å². The molecule has 4 nitrogen and oxygen atoms in total. The highest BCUT2D eigenvalue weighted by atomic mass is 19.1. The number of methoxy groups -OCH3 is 2. The molecule has 2 aromatic carbocycles. The van der Waals surface area contributed by atoms with E-state index in [1.807, 2.05) is 0 Å². The van der Waals surface area contributed by atoms with Gasteiger partial charge >= 0.3 is 0 Å². The van der Waals surface area contributed by atoms with Gasteiger partial charge in [0.1, 0.15) is 5.82 Å². The minimum absolute atomic E-state index is 0.254. The fraction of sp³-hybridized carbons (Fsp3) is 0.235. The predicted octanol–water partition coefficient (Wildman–Crippen LogP) is 3.08. The molecule has 22 heavy (non-hydrogen) atoms. The quantitative estimate of drug-likeness (QED) is 0.923. The molecule has 2 rings (SSSR count). The Bertz CT molecular complexity index is 686. The number of carbonyl (C=O) groups is 1. The zero-order chi connectivity index (χ0) is 16.1. The average molecular weight is 303 g/mol. The Morgan fingerprint density at radius 1 is 1.09 bits per heavy atom. The number of aryl methyl sites for hydroxylation is 1. The van der Waals surface area contributed by atoms with Crippen LogP contribution in [0.25, 0.3) is 0 Å². The van der Waals surface area contributed by atoms with E-state index in [1.54, 1.807) is 37.3 Å². The lowest BCUT2D eigenvalue weighted by Crippen LogP contribution is -2.22. The number of carbonyl (C=O) groups excluding carboxylic acids is 1. The Morgan fingerprint density at radius 2 is 1.82 bits per heavy atom. The average Bonchev–Trinajstić information content (AvgIpc) is 2.54. The molecule has 0 saturated carbocycles. The Hall–Kier alpha value is -2.56. The first-order chi connectivity index (χ1) is 10.5. The van der Waals surface area contributed by atoms with Crippen molar-refractivity contribution in [2.75, 3.05) is 14.2 Å². The van der Waals surface area contributed by atoms with Crippen LogP contribution in [0.15, 0.2) is 36.4 Å². The summed E-state index contributed by atoms with van der Waals surface area (Å²) >= 11 is 0. The number of benzene rings is 2. The molecular formula is C17H18FNO3. The highest BCUT2D eigenvalue weighted by Gasteiger charge is 2.10. The van der Waals surface area contributed by atoms with Crippen LogP contribution >= 0.6 is 0 Å². The Morgan fingerprint density at radius 3 is 2.45 bits per heavy atom. The molecule has 0 saturated heterocycles.